The van der Waals surface area contributed by atoms with Crippen LogP contribution in [-0.4, -0.2) is 47.1 Å². The maximum Gasteiger partial charge on any atom is 0.188 e. The number of carbonyl (C=O) groups excluding carboxylic acids is 2. The van der Waals surface area contributed by atoms with Crippen molar-refractivity contribution in [2.75, 3.05) is 7.05 Å². The molecule has 0 aromatic heterocycles. The molecule has 0 fully saturated rings. The molecular formula is C11H15NO4. The van der Waals surface area contributed by atoms with Gasteiger partial charge in [-0.2, -0.15) is 0 Å². The topological polar surface area (TPSA) is 86.6 Å². The van der Waals surface area contributed by atoms with Crippen molar-refractivity contribution in [1.82, 2.24) is 5.32 Å². The highest BCUT2D eigenvalue weighted by Crippen LogP contribution is 2.15. The zero-order chi connectivity index (χ0) is 12.3. The fourth-order valence-electron chi connectivity index (χ4n) is 1.55. The molecule has 3 N–H and O–H groups in total. The van der Waals surface area contributed by atoms with E-state index in [4.69, 9.17) is 5.11 Å². The molecule has 1 rings (SSSR count). The summed E-state index contributed by atoms with van der Waals surface area (Å²) in [5, 5.41) is 21.7. The molecule has 5 nitrogen and oxygen atoms in total. The third kappa shape index (κ3) is 2.63. The first-order valence-corrected chi connectivity index (χ1v) is 4.95. The second kappa shape index (κ2) is 5.16. The van der Waals surface area contributed by atoms with Gasteiger partial charge < -0.3 is 15.5 Å². The van der Waals surface area contributed by atoms with Crippen molar-refractivity contribution < 1.29 is 19.8 Å². The molecule has 1 aliphatic rings. The minimum atomic E-state index is -1.15. The largest absolute Gasteiger partial charge is 0.386 e. The molecule has 0 saturated heterocycles. The van der Waals surface area contributed by atoms with Crippen LogP contribution in [0.2, 0.25) is 0 Å². The molecule has 0 amide bonds. The second-order valence-corrected chi connectivity index (χ2v) is 3.67. The van der Waals surface area contributed by atoms with Crippen LogP contribution in [0, 0.1) is 0 Å². The first-order valence-electron chi connectivity index (χ1n) is 4.95. The Morgan fingerprint density at radius 2 is 2.19 bits per heavy atom. The Hall–Kier alpha value is -1.30. The number of ketones is 2. The minimum absolute atomic E-state index is 0.220. The van der Waals surface area contributed by atoms with Crippen molar-refractivity contribution in [2.24, 2.45) is 0 Å². The Morgan fingerprint density at radius 3 is 2.62 bits per heavy atom. The van der Waals surface area contributed by atoms with Crippen molar-refractivity contribution in [3.8, 4) is 0 Å². The van der Waals surface area contributed by atoms with Crippen LogP contribution in [-0.2, 0) is 9.59 Å². The fraction of sp³-hybridized carbons (Fsp3) is 0.455. The van der Waals surface area contributed by atoms with Crippen LogP contribution in [0.15, 0.2) is 23.8 Å². The molecule has 0 aromatic carbocycles. The van der Waals surface area contributed by atoms with E-state index in [9.17, 15) is 14.7 Å². The Bertz CT molecular complexity index is 359. The smallest absolute Gasteiger partial charge is 0.188 e. The normalized spacial score (nSPS) is 23.9. The van der Waals surface area contributed by atoms with E-state index in [1.807, 2.05) is 0 Å². The van der Waals surface area contributed by atoms with Gasteiger partial charge in [-0.1, -0.05) is 6.08 Å². The monoisotopic (exact) mass is 225 g/mol. The number of rotatable bonds is 4. The SMILES string of the molecule is CNC(C(C)=O)C(O)C1=CC(=O)C(O)C=C1. The number of hydrogen-bond acceptors (Lipinski definition) is 5. The van der Waals surface area contributed by atoms with Gasteiger partial charge in [-0.15, -0.1) is 0 Å². The number of Topliss-reactive ketones (excluding diaryl/α,β-unsaturated/α-hetero) is 1. The molecule has 3 atom stereocenters. The van der Waals surface area contributed by atoms with Crippen LogP contribution in [0.1, 0.15) is 6.92 Å². The average Bonchev–Trinajstić information content (AvgIpc) is 2.22. The fourth-order valence-corrected chi connectivity index (χ4v) is 1.55. The quantitative estimate of drug-likeness (QED) is 0.568. The van der Waals surface area contributed by atoms with Gasteiger partial charge >= 0.3 is 0 Å². The van der Waals surface area contributed by atoms with Crippen LogP contribution in [0.3, 0.4) is 0 Å². The highest BCUT2D eigenvalue weighted by molar-refractivity contribution is 5.97. The van der Waals surface area contributed by atoms with Crippen LogP contribution in [0.25, 0.3) is 0 Å². The lowest BCUT2D eigenvalue weighted by Crippen LogP contribution is -2.44. The first kappa shape index (κ1) is 12.8. The zero-order valence-corrected chi connectivity index (χ0v) is 9.18. The standard InChI is InChI=1S/C11H15NO4/c1-6(13)10(12-2)11(16)7-3-4-8(14)9(15)5-7/h3-5,8,10-12,14,16H,1-2H3. The number of aliphatic hydroxyl groups is 2. The number of hydrogen-bond donors (Lipinski definition) is 3. The lowest BCUT2D eigenvalue weighted by Gasteiger charge is -2.22. The van der Waals surface area contributed by atoms with Gasteiger partial charge in [0.15, 0.2) is 5.78 Å². The summed E-state index contributed by atoms with van der Waals surface area (Å²) in [6, 6.07) is -0.751. The van der Waals surface area contributed by atoms with Crippen molar-refractivity contribution >= 4 is 11.6 Å². The van der Waals surface area contributed by atoms with Gasteiger partial charge in [0, 0.05) is 0 Å². The van der Waals surface area contributed by atoms with Gasteiger partial charge in [0.2, 0.25) is 0 Å². The lowest BCUT2D eigenvalue weighted by atomic mass is 9.94. The average molecular weight is 225 g/mol. The Labute approximate surface area is 93.5 Å². The predicted molar refractivity (Wildman–Crippen MR) is 57.8 cm³/mol. The highest BCUT2D eigenvalue weighted by atomic mass is 16.3. The summed E-state index contributed by atoms with van der Waals surface area (Å²) < 4.78 is 0. The van der Waals surface area contributed by atoms with E-state index >= 15 is 0 Å². The van der Waals surface area contributed by atoms with Crippen molar-refractivity contribution in [1.29, 1.82) is 0 Å². The molecule has 0 aromatic rings. The van der Waals surface area contributed by atoms with Crippen molar-refractivity contribution in [2.45, 2.75) is 25.2 Å². The Morgan fingerprint density at radius 1 is 1.56 bits per heavy atom. The van der Waals surface area contributed by atoms with E-state index < -0.39 is 24.0 Å². The summed E-state index contributed by atoms with van der Waals surface area (Å²) in [6.45, 7) is 1.36. The number of likely N-dealkylation sites (N-methyl/N-ethyl adjacent to an activating group) is 1. The van der Waals surface area contributed by atoms with Crippen LogP contribution < -0.4 is 5.32 Å². The Balaban J connectivity index is 2.86. The second-order valence-electron chi connectivity index (χ2n) is 3.67. The molecule has 0 aliphatic heterocycles. The van der Waals surface area contributed by atoms with Gasteiger partial charge in [0.1, 0.15) is 18.0 Å². The molecule has 0 radical (unpaired) electrons. The Kier molecular flexibility index (Phi) is 4.12. The summed E-state index contributed by atoms with van der Waals surface area (Å²) in [5.74, 6) is -0.710. The number of carbonyl (C=O) groups is 2. The predicted octanol–water partition coefficient (Wildman–Crippen LogP) is -1.05. The van der Waals surface area contributed by atoms with Crippen LogP contribution in [0.4, 0.5) is 0 Å². The molecule has 0 saturated carbocycles. The lowest BCUT2D eigenvalue weighted by molar-refractivity contribution is -0.122. The third-order valence-electron chi connectivity index (χ3n) is 2.48. The molecule has 5 heteroatoms. The minimum Gasteiger partial charge on any atom is -0.386 e. The molecule has 0 spiro atoms. The van der Waals surface area contributed by atoms with E-state index in [1.54, 1.807) is 7.05 Å². The summed E-state index contributed by atoms with van der Waals surface area (Å²) in [4.78, 5) is 22.4. The van der Waals surface area contributed by atoms with E-state index in [0.717, 1.165) is 6.08 Å². The molecule has 16 heavy (non-hydrogen) atoms. The van der Waals surface area contributed by atoms with Crippen molar-refractivity contribution in [3.05, 3.63) is 23.8 Å². The molecule has 1 aliphatic carbocycles. The van der Waals surface area contributed by atoms with E-state index in [2.05, 4.69) is 5.32 Å². The molecular weight excluding hydrogens is 210 g/mol. The molecule has 0 bridgehead atoms. The summed E-state index contributed by atoms with van der Waals surface area (Å²) in [5.41, 5.74) is 0.324. The van der Waals surface area contributed by atoms with Gasteiger partial charge in [-0.25, -0.2) is 0 Å². The number of aliphatic hydroxyl groups excluding tert-OH is 2. The molecule has 0 heterocycles. The van der Waals surface area contributed by atoms with Gasteiger partial charge in [0.25, 0.3) is 0 Å². The number of nitrogens with one attached hydrogen (secondary N) is 1. The van der Waals surface area contributed by atoms with E-state index in [0.29, 0.717) is 5.57 Å². The van der Waals surface area contributed by atoms with Gasteiger partial charge in [0.05, 0.1) is 6.04 Å². The highest BCUT2D eigenvalue weighted by Gasteiger charge is 2.27. The summed E-state index contributed by atoms with van der Waals surface area (Å²) in [6.07, 6.45) is 1.65. The molecule has 3 unspecified atom stereocenters. The molecule has 88 valence electrons. The summed E-state index contributed by atoms with van der Waals surface area (Å²) >= 11 is 0. The third-order valence-corrected chi connectivity index (χ3v) is 2.48. The summed E-state index contributed by atoms with van der Waals surface area (Å²) in [7, 11) is 1.55. The van der Waals surface area contributed by atoms with Gasteiger partial charge in [-0.3, -0.25) is 9.59 Å². The maximum absolute atomic E-state index is 11.2. The maximum atomic E-state index is 11.2. The van der Waals surface area contributed by atoms with Gasteiger partial charge in [-0.05, 0) is 31.7 Å². The van der Waals surface area contributed by atoms with E-state index in [-0.39, 0.29) is 5.78 Å². The van der Waals surface area contributed by atoms with E-state index in [1.165, 1.54) is 19.1 Å². The van der Waals surface area contributed by atoms with Crippen molar-refractivity contribution in [3.63, 3.8) is 0 Å². The van der Waals surface area contributed by atoms with Crippen LogP contribution >= 0.6 is 0 Å². The van der Waals surface area contributed by atoms with Crippen LogP contribution in [0.5, 0.6) is 0 Å². The first-order chi connectivity index (χ1) is 7.47. The zero-order valence-electron chi connectivity index (χ0n) is 9.18.